The third-order valence-electron chi connectivity index (χ3n) is 4.85. The van der Waals surface area contributed by atoms with E-state index in [1.54, 1.807) is 6.20 Å². The molecular weight excluding hydrogens is 282 g/mol. The molecule has 1 aromatic carbocycles. The Hall–Kier alpha value is -1.32. The molecule has 2 N–H and O–H groups in total. The summed E-state index contributed by atoms with van der Waals surface area (Å²) in [4.78, 5) is 4.26. The van der Waals surface area contributed by atoms with Crippen LogP contribution in [-0.4, -0.2) is 16.1 Å². The first-order chi connectivity index (χ1) is 10.2. The van der Waals surface area contributed by atoms with Crippen LogP contribution in [0.1, 0.15) is 43.5 Å². The van der Waals surface area contributed by atoms with Gasteiger partial charge in [0, 0.05) is 24.4 Å². The summed E-state index contributed by atoms with van der Waals surface area (Å²) in [6, 6.07) is 6.39. The molecule has 0 bridgehead atoms. The van der Waals surface area contributed by atoms with E-state index in [0.29, 0.717) is 6.54 Å². The smallest absolute Gasteiger partial charge is 0.110 e. The number of aromatic nitrogens is 2. The molecule has 0 spiro atoms. The maximum absolute atomic E-state index is 6.54. The molecule has 0 atom stereocenters. The highest BCUT2D eigenvalue weighted by Gasteiger charge is 2.32. The summed E-state index contributed by atoms with van der Waals surface area (Å²) in [5, 5.41) is 0.770. The lowest BCUT2D eigenvalue weighted by Gasteiger charge is -2.37. The van der Waals surface area contributed by atoms with Crippen LogP contribution >= 0.6 is 11.6 Å². The number of hydrogen-bond donors (Lipinski definition) is 1. The molecule has 0 radical (unpaired) electrons. The van der Waals surface area contributed by atoms with Gasteiger partial charge in [0.2, 0.25) is 0 Å². The van der Waals surface area contributed by atoms with Crippen molar-refractivity contribution in [1.29, 1.82) is 0 Å². The minimum Gasteiger partial charge on any atom is -0.330 e. The van der Waals surface area contributed by atoms with Crippen molar-refractivity contribution in [2.75, 3.05) is 6.54 Å². The van der Waals surface area contributed by atoms with Crippen molar-refractivity contribution < 1.29 is 0 Å². The molecule has 0 amide bonds. The molecule has 0 aliphatic heterocycles. The van der Waals surface area contributed by atoms with Crippen LogP contribution in [0.2, 0.25) is 5.02 Å². The largest absolute Gasteiger partial charge is 0.330 e. The van der Waals surface area contributed by atoms with Gasteiger partial charge in [-0.2, -0.15) is 0 Å². The van der Waals surface area contributed by atoms with Crippen molar-refractivity contribution in [2.45, 2.75) is 44.4 Å². The second-order valence-corrected chi connectivity index (χ2v) is 6.46. The average molecular weight is 304 g/mol. The van der Waals surface area contributed by atoms with E-state index < -0.39 is 0 Å². The van der Waals surface area contributed by atoms with E-state index in [1.165, 1.54) is 37.7 Å². The van der Waals surface area contributed by atoms with Crippen LogP contribution in [0.4, 0.5) is 0 Å². The van der Waals surface area contributed by atoms with E-state index in [1.807, 2.05) is 17.7 Å². The first-order valence-corrected chi connectivity index (χ1v) is 8.04. The molecule has 1 aromatic heterocycles. The molecule has 3 rings (SSSR count). The van der Waals surface area contributed by atoms with Gasteiger partial charge < -0.3 is 10.3 Å². The highest BCUT2D eigenvalue weighted by molar-refractivity contribution is 6.32. The number of halogens is 1. The highest BCUT2D eigenvalue weighted by Crippen LogP contribution is 2.40. The number of benzene rings is 1. The van der Waals surface area contributed by atoms with Crippen LogP contribution in [0.3, 0.4) is 0 Å². The van der Waals surface area contributed by atoms with Gasteiger partial charge >= 0.3 is 0 Å². The number of nitrogens with zero attached hydrogens (tertiary/aromatic N) is 2. The van der Waals surface area contributed by atoms with Gasteiger partial charge in [-0.15, -0.1) is 0 Å². The molecule has 0 unspecified atom stereocenters. The summed E-state index contributed by atoms with van der Waals surface area (Å²) in [7, 11) is 0. The number of imidazole rings is 1. The molecule has 4 heteroatoms. The summed E-state index contributed by atoms with van der Waals surface area (Å²) in [6.45, 7) is 2.68. The Morgan fingerprint density at radius 1 is 1.29 bits per heavy atom. The highest BCUT2D eigenvalue weighted by atomic mass is 35.5. The van der Waals surface area contributed by atoms with Crippen LogP contribution in [0, 0.1) is 6.92 Å². The van der Waals surface area contributed by atoms with Crippen LogP contribution < -0.4 is 5.73 Å². The van der Waals surface area contributed by atoms with Gasteiger partial charge in [-0.1, -0.05) is 36.9 Å². The third kappa shape index (κ3) is 2.60. The quantitative estimate of drug-likeness (QED) is 0.931. The Bertz CT molecular complexity index is 627. The van der Waals surface area contributed by atoms with Crippen LogP contribution in [0.5, 0.6) is 0 Å². The molecule has 21 heavy (non-hydrogen) atoms. The lowest BCUT2D eigenvalue weighted by molar-refractivity contribution is 0.301. The fraction of sp³-hybridized carbons (Fsp3) is 0.471. The Morgan fingerprint density at radius 2 is 2.05 bits per heavy atom. The molecule has 2 aromatic rings. The lowest BCUT2D eigenvalue weighted by Crippen LogP contribution is -2.37. The minimum absolute atomic E-state index is 0.115. The maximum Gasteiger partial charge on any atom is 0.110 e. The zero-order valence-electron chi connectivity index (χ0n) is 12.5. The van der Waals surface area contributed by atoms with Crippen LogP contribution in [-0.2, 0) is 5.41 Å². The fourth-order valence-corrected chi connectivity index (χ4v) is 3.78. The van der Waals surface area contributed by atoms with Crippen molar-refractivity contribution in [3.05, 3.63) is 47.0 Å². The van der Waals surface area contributed by atoms with E-state index in [9.17, 15) is 0 Å². The van der Waals surface area contributed by atoms with Crippen molar-refractivity contribution in [3.63, 3.8) is 0 Å². The molecule has 1 saturated carbocycles. The zero-order valence-corrected chi connectivity index (χ0v) is 13.2. The summed E-state index contributed by atoms with van der Waals surface area (Å²) >= 11 is 6.54. The molecule has 112 valence electrons. The number of nitrogens with two attached hydrogens (primary N) is 1. The monoisotopic (exact) mass is 303 g/mol. The van der Waals surface area contributed by atoms with Crippen molar-refractivity contribution >= 4 is 11.6 Å². The van der Waals surface area contributed by atoms with Crippen molar-refractivity contribution in [3.8, 4) is 5.69 Å². The summed E-state index contributed by atoms with van der Waals surface area (Å²) < 4.78 is 2.02. The van der Waals surface area contributed by atoms with E-state index in [-0.39, 0.29) is 5.41 Å². The molecule has 1 aliphatic rings. The maximum atomic E-state index is 6.54. The number of rotatable bonds is 3. The van der Waals surface area contributed by atoms with Gasteiger partial charge in [-0.05, 0) is 37.5 Å². The van der Waals surface area contributed by atoms with Crippen molar-refractivity contribution in [1.82, 2.24) is 9.55 Å². The normalized spacial score (nSPS) is 17.9. The zero-order chi connectivity index (χ0) is 14.9. The summed E-state index contributed by atoms with van der Waals surface area (Å²) in [6.07, 6.45) is 9.92. The van der Waals surface area contributed by atoms with E-state index >= 15 is 0 Å². The van der Waals surface area contributed by atoms with Gasteiger partial charge in [0.15, 0.2) is 0 Å². The Balaban J connectivity index is 1.99. The molecule has 1 aliphatic carbocycles. The molecule has 3 nitrogen and oxygen atoms in total. The first-order valence-electron chi connectivity index (χ1n) is 7.67. The predicted octanol–water partition coefficient (Wildman–Crippen LogP) is 3.99. The second-order valence-electron chi connectivity index (χ2n) is 6.06. The fourth-order valence-electron chi connectivity index (χ4n) is 3.50. The SMILES string of the molecule is Cc1nccn1-c1ccc(C2(CN)CCCCC2)cc1Cl. The minimum atomic E-state index is 0.115. The average Bonchev–Trinajstić information content (AvgIpc) is 2.94. The molecule has 1 fully saturated rings. The molecule has 0 saturated heterocycles. The van der Waals surface area contributed by atoms with E-state index in [0.717, 1.165) is 16.5 Å². The van der Waals surface area contributed by atoms with E-state index in [4.69, 9.17) is 17.3 Å². The van der Waals surface area contributed by atoms with Gasteiger partial charge in [0.1, 0.15) is 5.82 Å². The Labute approximate surface area is 131 Å². The summed E-state index contributed by atoms with van der Waals surface area (Å²) in [5.41, 5.74) is 8.51. The number of hydrogen-bond acceptors (Lipinski definition) is 2. The lowest BCUT2D eigenvalue weighted by atomic mass is 9.69. The Kier molecular flexibility index (Phi) is 4.05. The number of aryl methyl sites for hydroxylation is 1. The van der Waals surface area contributed by atoms with Crippen LogP contribution in [0.15, 0.2) is 30.6 Å². The predicted molar refractivity (Wildman–Crippen MR) is 87.1 cm³/mol. The standard InChI is InChI=1S/C17H22ClN3/c1-13-20-9-10-21(13)16-6-5-14(11-15(16)18)17(12-19)7-3-2-4-8-17/h5-6,9-11H,2-4,7-8,12,19H2,1H3. The molecular formula is C17H22ClN3. The second kappa shape index (κ2) is 5.82. The first kappa shape index (κ1) is 14.6. The molecule has 1 heterocycles. The van der Waals surface area contributed by atoms with Crippen LogP contribution in [0.25, 0.3) is 5.69 Å². The van der Waals surface area contributed by atoms with Gasteiger partial charge in [-0.3, -0.25) is 0 Å². The summed E-state index contributed by atoms with van der Waals surface area (Å²) in [5.74, 6) is 0.941. The Morgan fingerprint density at radius 3 is 2.62 bits per heavy atom. The van der Waals surface area contributed by atoms with Crippen molar-refractivity contribution in [2.24, 2.45) is 5.73 Å². The van der Waals surface area contributed by atoms with Gasteiger partial charge in [-0.25, -0.2) is 4.98 Å². The topological polar surface area (TPSA) is 43.8 Å². The third-order valence-corrected chi connectivity index (χ3v) is 5.15. The van der Waals surface area contributed by atoms with Gasteiger partial charge in [0.05, 0.1) is 10.7 Å². The van der Waals surface area contributed by atoms with E-state index in [2.05, 4.69) is 23.2 Å². The van der Waals surface area contributed by atoms with Gasteiger partial charge in [0.25, 0.3) is 0 Å².